The second kappa shape index (κ2) is 7.59. The van der Waals surface area contributed by atoms with Crippen molar-refractivity contribution in [1.82, 2.24) is 10.6 Å². The Morgan fingerprint density at radius 2 is 1.89 bits per heavy atom. The van der Waals surface area contributed by atoms with Gasteiger partial charge in [-0.05, 0) is 19.3 Å². The highest BCUT2D eigenvalue weighted by molar-refractivity contribution is 5.86. The van der Waals surface area contributed by atoms with Gasteiger partial charge >= 0.3 is 12.0 Å². The summed E-state index contributed by atoms with van der Waals surface area (Å²) in [6.45, 7) is 5.41. The molecule has 0 aliphatic heterocycles. The van der Waals surface area contributed by atoms with E-state index in [4.69, 9.17) is 6.42 Å². The molecule has 0 radical (unpaired) electrons. The van der Waals surface area contributed by atoms with Gasteiger partial charge in [0.15, 0.2) is 0 Å². The molecule has 0 aromatic carbocycles. The van der Waals surface area contributed by atoms with E-state index in [0.29, 0.717) is 19.3 Å². The van der Waals surface area contributed by atoms with Crippen LogP contribution in [-0.4, -0.2) is 28.7 Å². The van der Waals surface area contributed by atoms with Crippen LogP contribution in [0.25, 0.3) is 0 Å². The molecule has 0 saturated carbocycles. The molecule has 0 heterocycles. The van der Waals surface area contributed by atoms with Gasteiger partial charge in [0.1, 0.15) is 5.54 Å². The maximum atomic E-state index is 11.7. The Bertz CT molecular complexity index is 330. The van der Waals surface area contributed by atoms with Gasteiger partial charge in [-0.2, -0.15) is 0 Å². The molecule has 2 amide bonds. The second-order valence-corrected chi connectivity index (χ2v) is 4.20. The van der Waals surface area contributed by atoms with Crippen LogP contribution < -0.4 is 10.6 Å². The number of amides is 2. The van der Waals surface area contributed by atoms with Gasteiger partial charge in [0.05, 0.1) is 6.04 Å². The Hall–Kier alpha value is -1.70. The summed E-state index contributed by atoms with van der Waals surface area (Å²) in [5, 5.41) is 14.3. The first kappa shape index (κ1) is 16.3. The SMILES string of the molecule is C#CC(CCC)NC(=O)NC(CC)(CC)C(=O)O. The number of carbonyl (C=O) groups is 2. The number of carboxylic acid groups (broad SMARTS) is 1. The van der Waals surface area contributed by atoms with E-state index in [2.05, 4.69) is 16.6 Å². The zero-order valence-electron chi connectivity index (χ0n) is 11.2. The summed E-state index contributed by atoms with van der Waals surface area (Å²) in [5.41, 5.74) is -1.23. The van der Waals surface area contributed by atoms with E-state index in [-0.39, 0.29) is 6.04 Å². The van der Waals surface area contributed by atoms with Crippen molar-refractivity contribution in [2.45, 2.75) is 58.0 Å². The quantitative estimate of drug-likeness (QED) is 0.605. The van der Waals surface area contributed by atoms with Gasteiger partial charge in [0.25, 0.3) is 0 Å². The molecule has 102 valence electrons. The van der Waals surface area contributed by atoms with E-state index in [9.17, 15) is 14.7 Å². The molecular weight excluding hydrogens is 232 g/mol. The molecule has 0 saturated heterocycles. The van der Waals surface area contributed by atoms with Crippen LogP contribution in [0.3, 0.4) is 0 Å². The maximum Gasteiger partial charge on any atom is 0.329 e. The lowest BCUT2D eigenvalue weighted by Crippen LogP contribution is -2.57. The number of urea groups is 1. The van der Waals surface area contributed by atoms with E-state index >= 15 is 0 Å². The number of nitrogens with one attached hydrogen (secondary N) is 2. The minimum Gasteiger partial charge on any atom is -0.480 e. The van der Waals surface area contributed by atoms with Gasteiger partial charge in [0, 0.05) is 0 Å². The summed E-state index contributed by atoms with van der Waals surface area (Å²) in [5.74, 6) is 1.43. The van der Waals surface area contributed by atoms with Crippen LogP contribution in [0.1, 0.15) is 46.5 Å². The van der Waals surface area contributed by atoms with Crippen molar-refractivity contribution in [2.75, 3.05) is 0 Å². The Labute approximate surface area is 108 Å². The minimum atomic E-state index is -1.23. The van der Waals surface area contributed by atoms with Gasteiger partial charge in [-0.25, -0.2) is 9.59 Å². The fourth-order valence-electron chi connectivity index (χ4n) is 1.68. The lowest BCUT2D eigenvalue weighted by atomic mass is 9.93. The van der Waals surface area contributed by atoms with Crippen LogP contribution >= 0.6 is 0 Å². The molecule has 1 atom stereocenters. The maximum absolute atomic E-state index is 11.7. The average Bonchev–Trinajstić information content (AvgIpc) is 2.35. The van der Waals surface area contributed by atoms with Crippen molar-refractivity contribution in [3.8, 4) is 12.3 Å². The molecule has 0 aliphatic rings. The normalized spacial score (nSPS) is 12.3. The molecule has 0 spiro atoms. The number of aliphatic carboxylic acids is 1. The van der Waals surface area contributed by atoms with Gasteiger partial charge in [-0.1, -0.05) is 33.1 Å². The van der Waals surface area contributed by atoms with Crippen LogP contribution in [0.15, 0.2) is 0 Å². The molecule has 1 unspecified atom stereocenters. The van der Waals surface area contributed by atoms with E-state index < -0.39 is 17.5 Å². The van der Waals surface area contributed by atoms with Crippen LogP contribution in [0, 0.1) is 12.3 Å². The fraction of sp³-hybridized carbons (Fsp3) is 0.692. The Kier molecular flexibility index (Phi) is 6.88. The lowest BCUT2D eigenvalue weighted by molar-refractivity contribution is -0.144. The van der Waals surface area contributed by atoms with E-state index in [1.165, 1.54) is 0 Å². The van der Waals surface area contributed by atoms with Gasteiger partial charge in [0.2, 0.25) is 0 Å². The summed E-state index contributed by atoms with van der Waals surface area (Å²) in [4.78, 5) is 23.0. The largest absolute Gasteiger partial charge is 0.480 e. The van der Waals surface area contributed by atoms with Crippen molar-refractivity contribution >= 4 is 12.0 Å². The first-order chi connectivity index (χ1) is 8.45. The Morgan fingerprint density at radius 3 is 2.22 bits per heavy atom. The van der Waals surface area contributed by atoms with Gasteiger partial charge < -0.3 is 15.7 Å². The highest BCUT2D eigenvalue weighted by atomic mass is 16.4. The molecule has 5 heteroatoms. The molecule has 0 aromatic rings. The fourth-order valence-corrected chi connectivity index (χ4v) is 1.68. The summed E-state index contributed by atoms with van der Waals surface area (Å²) in [6.07, 6.45) is 7.44. The molecule has 0 aromatic heterocycles. The van der Waals surface area contributed by atoms with Crippen LogP contribution in [0.2, 0.25) is 0 Å². The number of hydrogen-bond donors (Lipinski definition) is 3. The third-order valence-electron chi connectivity index (χ3n) is 3.05. The first-order valence-corrected chi connectivity index (χ1v) is 6.23. The standard InChI is InChI=1S/C13H22N2O3/c1-5-9-10(6-2)14-12(18)15-13(7-3,8-4)11(16)17/h2,10H,5,7-9H2,1,3-4H3,(H,16,17)(H2,14,15,18). The smallest absolute Gasteiger partial charge is 0.329 e. The van der Waals surface area contributed by atoms with Crippen LogP contribution in [0.5, 0.6) is 0 Å². The molecule has 18 heavy (non-hydrogen) atoms. The molecular formula is C13H22N2O3. The molecule has 3 N–H and O–H groups in total. The number of rotatable bonds is 7. The zero-order valence-corrected chi connectivity index (χ0v) is 11.2. The highest BCUT2D eigenvalue weighted by Gasteiger charge is 2.36. The number of terminal acetylenes is 1. The first-order valence-electron chi connectivity index (χ1n) is 6.23. The monoisotopic (exact) mass is 254 g/mol. The zero-order chi connectivity index (χ0) is 14.2. The van der Waals surface area contributed by atoms with Gasteiger partial charge in [-0.15, -0.1) is 6.42 Å². The number of hydrogen-bond acceptors (Lipinski definition) is 2. The Morgan fingerprint density at radius 1 is 1.33 bits per heavy atom. The van der Waals surface area contributed by atoms with E-state index in [1.54, 1.807) is 13.8 Å². The number of carboxylic acids is 1. The summed E-state index contributed by atoms with van der Waals surface area (Å²) in [6, 6.07) is -0.896. The third-order valence-corrected chi connectivity index (χ3v) is 3.05. The summed E-state index contributed by atoms with van der Waals surface area (Å²) < 4.78 is 0. The molecule has 0 bridgehead atoms. The summed E-state index contributed by atoms with van der Waals surface area (Å²) >= 11 is 0. The van der Waals surface area contributed by atoms with E-state index in [0.717, 1.165) is 6.42 Å². The molecule has 5 nitrogen and oxygen atoms in total. The van der Waals surface area contributed by atoms with Gasteiger partial charge in [-0.3, -0.25) is 0 Å². The summed E-state index contributed by atoms with van der Waals surface area (Å²) in [7, 11) is 0. The van der Waals surface area contributed by atoms with Crippen molar-refractivity contribution in [3.63, 3.8) is 0 Å². The predicted molar refractivity (Wildman–Crippen MR) is 70.1 cm³/mol. The second-order valence-electron chi connectivity index (χ2n) is 4.20. The molecule has 0 rings (SSSR count). The van der Waals surface area contributed by atoms with Crippen molar-refractivity contribution < 1.29 is 14.7 Å². The minimum absolute atomic E-state index is 0.320. The van der Waals surface area contributed by atoms with Crippen LogP contribution in [0.4, 0.5) is 4.79 Å². The predicted octanol–water partition coefficient (Wildman–Crippen LogP) is 1.73. The third kappa shape index (κ3) is 4.28. The van der Waals surface area contributed by atoms with Crippen molar-refractivity contribution in [3.05, 3.63) is 0 Å². The Balaban J connectivity index is 4.62. The molecule has 0 aliphatic carbocycles. The van der Waals surface area contributed by atoms with Crippen molar-refractivity contribution in [1.29, 1.82) is 0 Å². The van der Waals surface area contributed by atoms with Crippen LogP contribution in [-0.2, 0) is 4.79 Å². The lowest BCUT2D eigenvalue weighted by Gasteiger charge is -2.28. The number of carbonyl (C=O) groups excluding carboxylic acids is 1. The average molecular weight is 254 g/mol. The molecule has 0 fully saturated rings. The topological polar surface area (TPSA) is 78.4 Å². The van der Waals surface area contributed by atoms with E-state index in [1.807, 2.05) is 6.92 Å². The highest BCUT2D eigenvalue weighted by Crippen LogP contribution is 2.15. The van der Waals surface area contributed by atoms with Crippen molar-refractivity contribution in [2.24, 2.45) is 0 Å².